The standard InChI is InChI=1S/C59H113NO5/c1-3-5-7-9-11-13-15-17-18-25-28-31-35-39-43-47-51-57(62)56(55-61)60-58(63)52-48-44-40-36-32-29-26-23-21-19-20-22-24-27-30-34-38-42-46-50-54-65-59(64)53-49-45-41-37-33-16-14-12-10-8-6-4-2/h12,14,47,51,56-57,61-62H,3-11,13,15-46,48-50,52-55H2,1-2H3,(H,60,63)/b14-12-,51-47+. The number of nitrogens with one attached hydrogen (secondary N) is 1. The SMILES string of the molecule is CCCCC/C=C\CCCCCCCC(=O)OCCCCCCCCCCCCCCCCCCCCCCC(=O)NC(CO)C(O)/C=C/CCCCCCCCCCCCCCCC. The summed E-state index contributed by atoms with van der Waals surface area (Å²) in [5, 5.41) is 23.1. The number of hydrogen-bond acceptors (Lipinski definition) is 5. The fraction of sp³-hybridized carbons (Fsp3) is 0.898. The molecule has 0 saturated heterocycles. The van der Waals surface area contributed by atoms with Crippen molar-refractivity contribution in [3.05, 3.63) is 24.3 Å². The van der Waals surface area contributed by atoms with E-state index in [1.165, 1.54) is 244 Å². The van der Waals surface area contributed by atoms with Crippen molar-refractivity contribution in [3.63, 3.8) is 0 Å². The molecule has 2 unspecified atom stereocenters. The van der Waals surface area contributed by atoms with Crippen molar-refractivity contribution < 1.29 is 24.5 Å². The van der Waals surface area contributed by atoms with Crippen LogP contribution in [0.3, 0.4) is 0 Å². The van der Waals surface area contributed by atoms with Gasteiger partial charge in [-0.05, 0) is 57.8 Å². The molecule has 0 spiro atoms. The molecule has 0 heterocycles. The monoisotopic (exact) mass is 916 g/mol. The van der Waals surface area contributed by atoms with Gasteiger partial charge in [-0.2, -0.15) is 0 Å². The Balaban J connectivity index is 3.43. The Morgan fingerprint density at radius 2 is 0.723 bits per heavy atom. The van der Waals surface area contributed by atoms with E-state index >= 15 is 0 Å². The fourth-order valence-corrected chi connectivity index (χ4v) is 8.98. The van der Waals surface area contributed by atoms with Crippen LogP contribution >= 0.6 is 0 Å². The molecular weight excluding hydrogens is 803 g/mol. The third-order valence-electron chi connectivity index (χ3n) is 13.5. The number of aliphatic hydroxyl groups is 2. The number of esters is 1. The normalized spacial score (nSPS) is 12.7. The summed E-state index contributed by atoms with van der Waals surface area (Å²) < 4.78 is 5.46. The maximum atomic E-state index is 12.5. The van der Waals surface area contributed by atoms with Gasteiger partial charge < -0.3 is 20.3 Å². The van der Waals surface area contributed by atoms with Gasteiger partial charge in [0.15, 0.2) is 0 Å². The van der Waals surface area contributed by atoms with E-state index in [0.717, 1.165) is 44.9 Å². The van der Waals surface area contributed by atoms with Crippen LogP contribution in [0, 0.1) is 0 Å². The van der Waals surface area contributed by atoms with Crippen molar-refractivity contribution in [1.29, 1.82) is 0 Å². The summed E-state index contributed by atoms with van der Waals surface area (Å²) >= 11 is 0. The van der Waals surface area contributed by atoms with Crippen LogP contribution in [-0.2, 0) is 14.3 Å². The number of amides is 1. The molecule has 0 bridgehead atoms. The molecule has 0 aromatic carbocycles. The van der Waals surface area contributed by atoms with E-state index < -0.39 is 12.1 Å². The van der Waals surface area contributed by atoms with Gasteiger partial charge in [0.25, 0.3) is 0 Å². The third kappa shape index (κ3) is 51.6. The minimum Gasteiger partial charge on any atom is -0.466 e. The summed E-state index contributed by atoms with van der Waals surface area (Å²) in [6.45, 7) is 4.89. The predicted molar refractivity (Wildman–Crippen MR) is 283 cm³/mol. The zero-order valence-corrected chi connectivity index (χ0v) is 43.7. The Hall–Kier alpha value is -1.66. The van der Waals surface area contributed by atoms with Crippen LogP contribution in [0.25, 0.3) is 0 Å². The van der Waals surface area contributed by atoms with Crippen LogP contribution in [0.1, 0.15) is 316 Å². The van der Waals surface area contributed by atoms with E-state index in [0.29, 0.717) is 19.4 Å². The van der Waals surface area contributed by atoms with Crippen molar-refractivity contribution in [1.82, 2.24) is 5.32 Å². The summed E-state index contributed by atoms with van der Waals surface area (Å²) in [7, 11) is 0. The van der Waals surface area contributed by atoms with E-state index in [1.807, 2.05) is 6.08 Å². The molecule has 0 aromatic rings. The summed E-state index contributed by atoms with van der Waals surface area (Å²) in [4.78, 5) is 24.5. The Bertz CT molecular complexity index is 1010. The molecule has 6 heteroatoms. The first-order valence-electron chi connectivity index (χ1n) is 29.1. The Labute approximate surface area is 405 Å². The first kappa shape index (κ1) is 63.3. The number of rotatable bonds is 54. The number of allylic oxidation sites excluding steroid dienone is 3. The van der Waals surface area contributed by atoms with Gasteiger partial charge in [-0.25, -0.2) is 0 Å². The third-order valence-corrected chi connectivity index (χ3v) is 13.5. The molecule has 0 aliphatic rings. The van der Waals surface area contributed by atoms with Gasteiger partial charge in [-0.3, -0.25) is 9.59 Å². The minimum absolute atomic E-state index is 0.0000900. The van der Waals surface area contributed by atoms with Crippen LogP contribution in [0.2, 0.25) is 0 Å². The molecule has 0 rings (SSSR count). The van der Waals surface area contributed by atoms with Crippen molar-refractivity contribution in [2.24, 2.45) is 0 Å². The second-order valence-corrected chi connectivity index (χ2v) is 20.0. The van der Waals surface area contributed by atoms with E-state index in [-0.39, 0.29) is 18.5 Å². The summed E-state index contributed by atoms with van der Waals surface area (Å²) in [5.41, 5.74) is 0. The average molecular weight is 917 g/mol. The van der Waals surface area contributed by atoms with Gasteiger partial charge in [0.05, 0.1) is 25.4 Å². The smallest absolute Gasteiger partial charge is 0.305 e. The molecule has 0 radical (unpaired) electrons. The van der Waals surface area contributed by atoms with Gasteiger partial charge in [0.1, 0.15) is 0 Å². The van der Waals surface area contributed by atoms with Crippen molar-refractivity contribution in [2.45, 2.75) is 328 Å². The second-order valence-electron chi connectivity index (χ2n) is 20.0. The zero-order chi connectivity index (χ0) is 47.2. The zero-order valence-electron chi connectivity index (χ0n) is 43.7. The molecule has 0 aliphatic heterocycles. The lowest BCUT2D eigenvalue weighted by Crippen LogP contribution is -2.45. The number of carbonyl (C=O) groups is 2. The highest BCUT2D eigenvalue weighted by molar-refractivity contribution is 5.76. The Kier molecular flexibility index (Phi) is 53.5. The average Bonchev–Trinajstić information content (AvgIpc) is 3.31. The lowest BCUT2D eigenvalue weighted by atomic mass is 10.0. The lowest BCUT2D eigenvalue weighted by molar-refractivity contribution is -0.143. The van der Waals surface area contributed by atoms with Crippen LogP contribution in [0.4, 0.5) is 0 Å². The quantitative estimate of drug-likeness (QED) is 0.0321. The van der Waals surface area contributed by atoms with Crippen LogP contribution in [0.5, 0.6) is 0 Å². The molecule has 0 saturated carbocycles. The second kappa shape index (κ2) is 54.9. The number of carbonyl (C=O) groups excluding carboxylic acids is 2. The van der Waals surface area contributed by atoms with Gasteiger partial charge in [-0.1, -0.05) is 269 Å². The summed E-state index contributed by atoms with van der Waals surface area (Å²) in [6, 6.07) is -0.629. The fourth-order valence-electron chi connectivity index (χ4n) is 8.98. The minimum atomic E-state index is -0.845. The van der Waals surface area contributed by atoms with E-state index in [9.17, 15) is 19.8 Å². The molecule has 384 valence electrons. The number of aliphatic hydroxyl groups excluding tert-OH is 2. The maximum absolute atomic E-state index is 12.5. The Morgan fingerprint density at radius 3 is 1.12 bits per heavy atom. The highest BCUT2D eigenvalue weighted by atomic mass is 16.5. The summed E-state index contributed by atoms with van der Waals surface area (Å²) in [5.74, 6) is -0.0685. The van der Waals surface area contributed by atoms with Crippen LogP contribution < -0.4 is 5.32 Å². The molecule has 2 atom stereocenters. The van der Waals surface area contributed by atoms with Crippen LogP contribution in [0.15, 0.2) is 24.3 Å². The van der Waals surface area contributed by atoms with Crippen molar-refractivity contribution in [3.8, 4) is 0 Å². The first-order chi connectivity index (χ1) is 32.0. The van der Waals surface area contributed by atoms with Crippen molar-refractivity contribution in [2.75, 3.05) is 13.2 Å². The molecule has 1 amide bonds. The van der Waals surface area contributed by atoms with Gasteiger partial charge in [0.2, 0.25) is 5.91 Å². The summed E-state index contributed by atoms with van der Waals surface area (Å²) in [6.07, 6.45) is 66.3. The largest absolute Gasteiger partial charge is 0.466 e. The van der Waals surface area contributed by atoms with Gasteiger partial charge in [0, 0.05) is 12.8 Å². The maximum Gasteiger partial charge on any atom is 0.305 e. The van der Waals surface area contributed by atoms with E-state index in [1.54, 1.807) is 6.08 Å². The predicted octanol–water partition coefficient (Wildman–Crippen LogP) is 17.9. The molecule has 0 fully saturated rings. The van der Waals surface area contributed by atoms with Gasteiger partial charge in [-0.15, -0.1) is 0 Å². The first-order valence-corrected chi connectivity index (χ1v) is 29.1. The number of ether oxygens (including phenoxy) is 1. The highest BCUT2D eigenvalue weighted by Crippen LogP contribution is 2.17. The topological polar surface area (TPSA) is 95.9 Å². The van der Waals surface area contributed by atoms with E-state index in [4.69, 9.17) is 4.74 Å². The molecule has 0 aliphatic carbocycles. The van der Waals surface area contributed by atoms with Crippen molar-refractivity contribution >= 4 is 11.9 Å². The molecular formula is C59H113NO5. The lowest BCUT2D eigenvalue weighted by Gasteiger charge is -2.20. The number of hydrogen-bond donors (Lipinski definition) is 3. The molecule has 3 N–H and O–H groups in total. The number of unbranched alkanes of at least 4 members (excludes halogenated alkanes) is 41. The van der Waals surface area contributed by atoms with E-state index in [2.05, 4.69) is 31.3 Å². The molecule has 65 heavy (non-hydrogen) atoms. The van der Waals surface area contributed by atoms with Crippen LogP contribution in [-0.4, -0.2) is 47.4 Å². The van der Waals surface area contributed by atoms with Gasteiger partial charge >= 0.3 is 5.97 Å². The highest BCUT2D eigenvalue weighted by Gasteiger charge is 2.18. The molecule has 0 aromatic heterocycles. The molecule has 6 nitrogen and oxygen atoms in total. The Morgan fingerprint density at radius 1 is 0.415 bits per heavy atom.